The maximum Gasteiger partial charge on any atom is 0.332 e. The van der Waals surface area contributed by atoms with E-state index >= 15 is 0 Å². The topological polar surface area (TPSA) is 81.6 Å². The molecule has 88 valence electrons. The van der Waals surface area contributed by atoms with Crippen LogP contribution in [0.25, 0.3) is 0 Å². The zero-order valence-electron chi connectivity index (χ0n) is 7.65. The van der Waals surface area contributed by atoms with Crippen molar-refractivity contribution >= 4 is 70.2 Å². The van der Waals surface area contributed by atoms with Crippen LogP contribution in [0.2, 0.25) is 4.34 Å². The van der Waals surface area contributed by atoms with E-state index in [1.807, 2.05) is 0 Å². The Morgan fingerprint density at radius 2 is 2.25 bits per heavy atom. The summed E-state index contributed by atoms with van der Waals surface area (Å²) in [7, 11) is -3.83. The summed E-state index contributed by atoms with van der Waals surface area (Å²) in [5.41, 5.74) is 0. The third-order valence-corrected chi connectivity index (χ3v) is 6.91. The van der Waals surface area contributed by atoms with E-state index in [-0.39, 0.29) is 14.5 Å². The lowest BCUT2D eigenvalue weighted by atomic mass is 10.6. The number of sulfonamides is 1. The molecular formula is C6H4BrClN2O3S3. The molecule has 1 aromatic heterocycles. The summed E-state index contributed by atoms with van der Waals surface area (Å²) < 4.78 is 38.8. The second kappa shape index (κ2) is 4.14. The highest BCUT2D eigenvalue weighted by Gasteiger charge is 2.34. The first-order valence-electron chi connectivity index (χ1n) is 3.76. The Hall–Kier alpha value is 0.200. The van der Waals surface area contributed by atoms with Gasteiger partial charge in [-0.2, -0.15) is 8.42 Å². The highest BCUT2D eigenvalue weighted by Crippen LogP contribution is 2.45. The first kappa shape index (κ1) is 12.7. The van der Waals surface area contributed by atoms with Crippen molar-refractivity contribution in [1.82, 2.24) is 0 Å². The van der Waals surface area contributed by atoms with Crippen molar-refractivity contribution in [2.75, 3.05) is 11.6 Å². The molecule has 0 radical (unpaired) electrons. The molecule has 1 aliphatic heterocycles. The van der Waals surface area contributed by atoms with Crippen molar-refractivity contribution in [2.45, 2.75) is 4.90 Å². The largest absolute Gasteiger partial charge is 0.609 e. The molecule has 0 saturated heterocycles. The number of hydrogen-bond acceptors (Lipinski definition) is 5. The molecule has 2 rings (SSSR count). The van der Waals surface area contributed by atoms with Gasteiger partial charge in [-0.1, -0.05) is 16.0 Å². The number of fused-ring (bicyclic) bond motifs is 1. The quantitative estimate of drug-likeness (QED) is 0.715. The summed E-state index contributed by atoms with van der Waals surface area (Å²) in [6, 6.07) is 0. The molecule has 0 fully saturated rings. The summed E-state index contributed by atoms with van der Waals surface area (Å²) >= 11 is 8.46. The van der Waals surface area contributed by atoms with Gasteiger partial charge in [0.05, 0.1) is 4.47 Å². The molecule has 16 heavy (non-hydrogen) atoms. The fourth-order valence-electron chi connectivity index (χ4n) is 1.08. The molecule has 10 heteroatoms. The molecule has 1 N–H and O–H groups in total. The molecule has 1 aromatic rings. The lowest BCUT2D eigenvalue weighted by Gasteiger charge is -2.14. The van der Waals surface area contributed by atoms with Crippen LogP contribution in [0, 0.1) is 0 Å². The van der Waals surface area contributed by atoms with E-state index in [0.717, 1.165) is 11.3 Å². The van der Waals surface area contributed by atoms with Gasteiger partial charge >= 0.3 is 5.17 Å². The summed E-state index contributed by atoms with van der Waals surface area (Å²) in [4.78, 5) is -0.00306. The number of thiophene rings is 1. The lowest BCUT2D eigenvalue weighted by Crippen LogP contribution is -2.27. The fraction of sp³-hybridized carbons (Fsp3) is 0.167. The van der Waals surface area contributed by atoms with Crippen LogP contribution >= 0.6 is 38.9 Å². The van der Waals surface area contributed by atoms with Gasteiger partial charge in [0.15, 0.2) is 0 Å². The van der Waals surface area contributed by atoms with Gasteiger partial charge in [-0.05, 0) is 15.9 Å². The Morgan fingerprint density at radius 1 is 1.62 bits per heavy atom. The predicted octanol–water partition coefficient (Wildman–Crippen LogP) is 2.01. The second-order valence-corrected chi connectivity index (χ2v) is 8.05. The van der Waals surface area contributed by atoms with Crippen LogP contribution in [0.3, 0.4) is 0 Å². The summed E-state index contributed by atoms with van der Waals surface area (Å²) in [5.74, 6) is 0. The molecule has 1 unspecified atom stereocenters. The minimum absolute atomic E-state index is 0.00306. The minimum atomic E-state index is -3.83. The average molecular weight is 364 g/mol. The maximum atomic E-state index is 11.8. The van der Waals surface area contributed by atoms with E-state index < -0.39 is 21.2 Å². The predicted molar refractivity (Wildman–Crippen MR) is 69.3 cm³/mol. The zero-order valence-corrected chi connectivity index (χ0v) is 12.4. The van der Waals surface area contributed by atoms with Gasteiger partial charge in [0.1, 0.15) is 20.5 Å². The van der Waals surface area contributed by atoms with Crippen molar-refractivity contribution in [1.29, 1.82) is 0 Å². The van der Waals surface area contributed by atoms with Crippen LogP contribution in [0.15, 0.2) is 13.8 Å². The molecule has 0 saturated carbocycles. The van der Waals surface area contributed by atoms with Gasteiger partial charge in [0.2, 0.25) is 0 Å². The normalized spacial score (nSPS) is 19.6. The van der Waals surface area contributed by atoms with Gasteiger partial charge in [0, 0.05) is 11.2 Å². The van der Waals surface area contributed by atoms with Crippen LogP contribution in [0.4, 0.5) is 5.00 Å². The molecular weight excluding hydrogens is 360 g/mol. The molecule has 1 atom stereocenters. The third-order valence-electron chi connectivity index (χ3n) is 1.72. The molecule has 5 nitrogen and oxygen atoms in total. The van der Waals surface area contributed by atoms with Gasteiger partial charge in [-0.3, -0.25) is 5.32 Å². The van der Waals surface area contributed by atoms with Gasteiger partial charge in [0.25, 0.3) is 10.0 Å². The van der Waals surface area contributed by atoms with Crippen molar-refractivity contribution in [3.8, 4) is 0 Å². The third kappa shape index (κ3) is 2.00. The molecule has 0 aliphatic carbocycles. The van der Waals surface area contributed by atoms with Crippen LogP contribution in [0.5, 0.6) is 0 Å². The summed E-state index contributed by atoms with van der Waals surface area (Å²) in [5, 5.41) is 2.93. The number of halogens is 2. The van der Waals surface area contributed by atoms with E-state index in [1.54, 1.807) is 0 Å². The van der Waals surface area contributed by atoms with Gasteiger partial charge < -0.3 is 4.55 Å². The van der Waals surface area contributed by atoms with Gasteiger partial charge in [-0.25, -0.2) is 0 Å². The second-order valence-electron chi connectivity index (χ2n) is 2.80. The van der Waals surface area contributed by atoms with Crippen molar-refractivity contribution in [3.05, 3.63) is 8.81 Å². The van der Waals surface area contributed by atoms with E-state index in [4.69, 9.17) is 11.6 Å². The number of amidine groups is 1. The standard InChI is InChI=1S/C6H4BrClN2O3S3/c1-15(11)6-9-5-3(16(12,13)10-6)2(7)4(8)14-5/h1H3,(H,9,10). The Balaban J connectivity index is 2.66. The number of nitrogens with one attached hydrogen (secondary N) is 1. The SMILES string of the molecule is C[S+]([O-])C1=NS(=O)(=O)c2c(sc(Cl)c2Br)N1. The first-order valence-corrected chi connectivity index (χ1v) is 8.74. The van der Waals surface area contributed by atoms with Crippen LogP contribution in [-0.2, 0) is 21.2 Å². The summed E-state index contributed by atoms with van der Waals surface area (Å²) in [6.07, 6.45) is 1.34. The highest BCUT2D eigenvalue weighted by atomic mass is 79.9. The van der Waals surface area contributed by atoms with E-state index in [1.165, 1.54) is 6.26 Å². The Morgan fingerprint density at radius 3 is 2.81 bits per heavy atom. The molecule has 1 aliphatic rings. The Bertz CT molecular complexity index is 580. The van der Waals surface area contributed by atoms with Crippen LogP contribution < -0.4 is 5.32 Å². The van der Waals surface area contributed by atoms with Gasteiger partial charge in [-0.15, -0.1) is 11.3 Å². The first-order chi connectivity index (χ1) is 7.33. The maximum absolute atomic E-state index is 11.8. The van der Waals surface area contributed by atoms with Crippen LogP contribution in [0.1, 0.15) is 0 Å². The summed E-state index contributed by atoms with van der Waals surface area (Å²) in [6.45, 7) is 0. The Kier molecular flexibility index (Phi) is 3.28. The number of nitrogens with zero attached hydrogens (tertiary/aromatic N) is 1. The smallest absolute Gasteiger partial charge is 0.332 e. The van der Waals surface area contributed by atoms with Crippen LogP contribution in [-0.4, -0.2) is 24.4 Å². The number of rotatable bonds is 0. The molecule has 0 amide bonds. The monoisotopic (exact) mass is 362 g/mol. The molecule has 2 heterocycles. The minimum Gasteiger partial charge on any atom is -0.609 e. The molecule has 0 aromatic carbocycles. The highest BCUT2D eigenvalue weighted by molar-refractivity contribution is 9.10. The molecule has 0 bridgehead atoms. The fourth-order valence-corrected chi connectivity index (χ4v) is 5.86. The van der Waals surface area contributed by atoms with E-state index in [0.29, 0.717) is 9.34 Å². The van der Waals surface area contributed by atoms with Crippen molar-refractivity contribution in [3.63, 3.8) is 0 Å². The van der Waals surface area contributed by atoms with Crippen molar-refractivity contribution < 1.29 is 13.0 Å². The van der Waals surface area contributed by atoms with E-state index in [2.05, 4.69) is 25.6 Å². The number of anilines is 1. The van der Waals surface area contributed by atoms with Crippen molar-refractivity contribution in [2.24, 2.45) is 4.40 Å². The Labute approximate surface area is 112 Å². The van der Waals surface area contributed by atoms with E-state index in [9.17, 15) is 13.0 Å². The molecule has 0 spiro atoms. The average Bonchev–Trinajstić information content (AvgIpc) is 2.41. The number of hydrogen-bond donors (Lipinski definition) is 1. The zero-order chi connectivity index (χ0) is 12.1. The lowest BCUT2D eigenvalue weighted by molar-refractivity contribution is 0.596.